The number of anilines is 1. The van der Waals surface area contributed by atoms with E-state index >= 15 is 0 Å². The lowest BCUT2D eigenvalue weighted by molar-refractivity contribution is -0.122. The molecule has 0 aliphatic rings. The van der Waals surface area contributed by atoms with Crippen LogP contribution in [0.2, 0.25) is 10.0 Å². The second kappa shape index (κ2) is 9.10. The minimum Gasteiger partial charge on any atom is -0.473 e. The van der Waals surface area contributed by atoms with Gasteiger partial charge in [0.15, 0.2) is 17.0 Å². The lowest BCUT2D eigenvalue weighted by Gasteiger charge is -2.16. The first kappa shape index (κ1) is 22.4. The van der Waals surface area contributed by atoms with Crippen molar-refractivity contribution in [1.82, 2.24) is 4.98 Å². The maximum Gasteiger partial charge on any atom is 0.266 e. The number of para-hydroxylation sites is 1. The first-order chi connectivity index (χ1) is 16.4. The van der Waals surface area contributed by atoms with Gasteiger partial charge in [0.2, 0.25) is 11.2 Å². The van der Waals surface area contributed by atoms with Gasteiger partial charge < -0.3 is 9.15 Å². The van der Waals surface area contributed by atoms with Gasteiger partial charge in [0.1, 0.15) is 5.58 Å². The number of rotatable bonds is 5. The highest BCUT2D eigenvalue weighted by Gasteiger charge is 2.23. The molecule has 2 aromatic heterocycles. The number of hydrogen-bond acceptors (Lipinski definition) is 6. The fourth-order valence-electron chi connectivity index (χ4n) is 3.41. The number of aromatic nitrogens is 1. The number of nitrogens with zero attached hydrogens (tertiary/aromatic N) is 1. The van der Waals surface area contributed by atoms with Gasteiger partial charge in [0.05, 0.1) is 15.6 Å². The van der Waals surface area contributed by atoms with Crippen LogP contribution in [0.25, 0.3) is 32.5 Å². The van der Waals surface area contributed by atoms with Gasteiger partial charge >= 0.3 is 0 Å². The zero-order chi connectivity index (χ0) is 23.8. The normalized spacial score (nSPS) is 12.1. The number of ether oxygens (including phenoxy) is 1. The minimum atomic E-state index is -1.01. The number of carbonyl (C=O) groups is 1. The van der Waals surface area contributed by atoms with Gasteiger partial charge in [-0.05, 0) is 61.5 Å². The van der Waals surface area contributed by atoms with Crippen LogP contribution in [0.3, 0.4) is 0 Å². The van der Waals surface area contributed by atoms with Crippen molar-refractivity contribution in [2.75, 3.05) is 5.32 Å². The third-order valence-corrected chi connectivity index (χ3v) is 6.53. The Labute approximate surface area is 207 Å². The second-order valence-corrected chi connectivity index (χ2v) is 9.38. The molecule has 0 saturated heterocycles. The smallest absolute Gasteiger partial charge is 0.266 e. The molecule has 0 aliphatic carbocycles. The van der Waals surface area contributed by atoms with E-state index in [1.54, 1.807) is 73.7 Å². The third-order valence-electron chi connectivity index (χ3n) is 5.11. The number of hydrogen-bond donors (Lipinski definition) is 1. The van der Waals surface area contributed by atoms with Gasteiger partial charge in [0, 0.05) is 15.6 Å². The molecule has 6 nitrogen and oxygen atoms in total. The number of halogens is 2. The van der Waals surface area contributed by atoms with Crippen molar-refractivity contribution in [3.05, 3.63) is 87.0 Å². The zero-order valence-corrected chi connectivity index (χ0v) is 20.0. The molecule has 1 atom stereocenters. The van der Waals surface area contributed by atoms with E-state index < -0.39 is 12.0 Å². The maximum atomic E-state index is 13.3. The molecule has 0 aliphatic heterocycles. The molecule has 5 aromatic rings. The van der Waals surface area contributed by atoms with Gasteiger partial charge in [-0.15, -0.1) is 0 Å². The van der Waals surface area contributed by atoms with Crippen molar-refractivity contribution >= 4 is 66.8 Å². The Balaban J connectivity index is 1.48. The van der Waals surface area contributed by atoms with E-state index in [-0.39, 0.29) is 16.9 Å². The number of fused-ring (bicyclic) bond motifs is 2. The summed E-state index contributed by atoms with van der Waals surface area (Å²) >= 11 is 13.3. The van der Waals surface area contributed by atoms with E-state index in [0.29, 0.717) is 31.7 Å². The van der Waals surface area contributed by atoms with E-state index in [2.05, 4.69) is 10.3 Å². The lowest BCUT2D eigenvalue weighted by Crippen LogP contribution is -2.31. The predicted molar refractivity (Wildman–Crippen MR) is 136 cm³/mol. The van der Waals surface area contributed by atoms with Crippen LogP contribution in [0.15, 0.2) is 75.9 Å². The average molecular weight is 511 g/mol. The Morgan fingerprint density at radius 1 is 1.06 bits per heavy atom. The number of thiazole rings is 1. The third kappa shape index (κ3) is 4.37. The molecule has 1 amide bonds. The Bertz CT molecular complexity index is 1590. The van der Waals surface area contributed by atoms with Crippen molar-refractivity contribution in [1.29, 1.82) is 0 Å². The van der Waals surface area contributed by atoms with Gasteiger partial charge in [0.25, 0.3) is 5.91 Å². The van der Waals surface area contributed by atoms with Crippen molar-refractivity contribution in [2.24, 2.45) is 0 Å². The number of nitrogens with one attached hydrogen (secondary N) is 1. The molecule has 0 saturated carbocycles. The van der Waals surface area contributed by atoms with Crippen LogP contribution in [0.4, 0.5) is 5.13 Å². The highest BCUT2D eigenvalue weighted by atomic mass is 35.5. The summed E-state index contributed by atoms with van der Waals surface area (Å²) in [6, 6.07) is 19.0. The fraction of sp³-hybridized carbons (Fsp3) is 0.0800. The van der Waals surface area contributed by atoms with Crippen molar-refractivity contribution < 1.29 is 13.9 Å². The lowest BCUT2D eigenvalue weighted by atomic mass is 10.1. The Hall–Kier alpha value is -3.39. The van der Waals surface area contributed by atoms with Crippen molar-refractivity contribution in [2.45, 2.75) is 13.0 Å². The highest BCUT2D eigenvalue weighted by molar-refractivity contribution is 7.22. The van der Waals surface area contributed by atoms with Gasteiger partial charge in [-0.2, -0.15) is 0 Å². The molecule has 1 N–H and O–H groups in total. The van der Waals surface area contributed by atoms with Crippen LogP contribution < -0.4 is 15.5 Å². The first-order valence-electron chi connectivity index (χ1n) is 10.2. The number of carbonyl (C=O) groups excluding carboxylic acids is 1. The SMILES string of the molecule is CC(Oc1c(-c2ccc(Cl)cc2)oc2ccccc2c1=O)C(=O)Nc1nc2ccc(Cl)cc2s1. The van der Waals surface area contributed by atoms with Crippen LogP contribution in [0, 0.1) is 0 Å². The monoisotopic (exact) mass is 510 g/mol. The number of benzene rings is 3. The molecular weight excluding hydrogens is 495 g/mol. The molecule has 1 unspecified atom stereocenters. The molecule has 5 rings (SSSR count). The van der Waals surface area contributed by atoms with Crippen LogP contribution in [-0.4, -0.2) is 17.0 Å². The molecule has 0 spiro atoms. The summed E-state index contributed by atoms with van der Waals surface area (Å²) in [4.78, 5) is 30.6. The second-order valence-electron chi connectivity index (χ2n) is 7.47. The van der Waals surface area contributed by atoms with E-state index in [1.165, 1.54) is 11.3 Å². The summed E-state index contributed by atoms with van der Waals surface area (Å²) in [6.07, 6.45) is -1.01. The van der Waals surface area contributed by atoms with Crippen molar-refractivity contribution in [3.8, 4) is 17.1 Å². The predicted octanol–water partition coefficient (Wildman–Crippen LogP) is 6.78. The first-order valence-corrected chi connectivity index (χ1v) is 11.8. The molecule has 0 bridgehead atoms. The minimum absolute atomic E-state index is 0.0558. The van der Waals surface area contributed by atoms with Crippen LogP contribution in [0.1, 0.15) is 6.92 Å². The van der Waals surface area contributed by atoms with E-state index in [4.69, 9.17) is 32.4 Å². The standard InChI is InChI=1S/C25H16Cl2N2O4S/c1-13(24(31)29-25-28-18-11-10-16(27)12-20(18)34-25)32-23-21(30)17-4-2-3-5-19(17)33-22(23)14-6-8-15(26)9-7-14/h2-13H,1H3,(H,28,29,31). The molecule has 0 fully saturated rings. The summed E-state index contributed by atoms with van der Waals surface area (Å²) in [6.45, 7) is 1.56. The van der Waals surface area contributed by atoms with Crippen LogP contribution in [0.5, 0.6) is 5.75 Å². The molecule has 0 radical (unpaired) electrons. The van der Waals surface area contributed by atoms with Gasteiger partial charge in [-0.25, -0.2) is 4.98 Å². The molecule has 9 heteroatoms. The van der Waals surface area contributed by atoms with E-state index in [0.717, 1.165) is 10.2 Å². The van der Waals surface area contributed by atoms with Gasteiger partial charge in [-0.1, -0.05) is 46.7 Å². The molecule has 34 heavy (non-hydrogen) atoms. The zero-order valence-electron chi connectivity index (χ0n) is 17.7. The summed E-state index contributed by atoms with van der Waals surface area (Å²) in [7, 11) is 0. The quantitative estimate of drug-likeness (QED) is 0.281. The Kier molecular flexibility index (Phi) is 6.00. The maximum absolute atomic E-state index is 13.3. The summed E-state index contributed by atoms with van der Waals surface area (Å²) < 4.78 is 12.8. The topological polar surface area (TPSA) is 81.4 Å². The molecule has 3 aromatic carbocycles. The van der Waals surface area contributed by atoms with E-state index in [9.17, 15) is 9.59 Å². The molecular formula is C25H16Cl2N2O4S. The summed E-state index contributed by atoms with van der Waals surface area (Å²) in [5.41, 5.74) is 1.35. The summed E-state index contributed by atoms with van der Waals surface area (Å²) in [5.74, 6) is -0.297. The largest absolute Gasteiger partial charge is 0.473 e. The van der Waals surface area contributed by atoms with Crippen LogP contribution in [-0.2, 0) is 4.79 Å². The number of amides is 1. The van der Waals surface area contributed by atoms with Crippen molar-refractivity contribution in [3.63, 3.8) is 0 Å². The fourth-order valence-corrected chi connectivity index (χ4v) is 4.68. The van der Waals surface area contributed by atoms with Crippen LogP contribution >= 0.6 is 34.5 Å². The summed E-state index contributed by atoms with van der Waals surface area (Å²) in [5, 5.41) is 4.63. The Morgan fingerprint density at radius 3 is 2.59 bits per heavy atom. The highest BCUT2D eigenvalue weighted by Crippen LogP contribution is 2.33. The van der Waals surface area contributed by atoms with Gasteiger partial charge in [-0.3, -0.25) is 14.9 Å². The Morgan fingerprint density at radius 2 is 1.79 bits per heavy atom. The van der Waals surface area contributed by atoms with E-state index in [1.807, 2.05) is 0 Å². The molecule has 170 valence electrons. The molecule has 2 heterocycles. The average Bonchev–Trinajstić information content (AvgIpc) is 3.22.